The number of halogens is 3. The Kier molecular flexibility index (Phi) is 8.43. The van der Waals surface area contributed by atoms with Crippen LogP contribution in [-0.2, 0) is 24.4 Å². The molecule has 31 heavy (non-hydrogen) atoms. The first-order valence-electron chi connectivity index (χ1n) is 9.57. The number of carbonyl (C=O) groups excluding carboxylic acids is 1. The van der Waals surface area contributed by atoms with Gasteiger partial charge in [0.15, 0.2) is 5.69 Å². The summed E-state index contributed by atoms with van der Waals surface area (Å²) in [6.07, 6.45) is 1.33. The molecular weight excluding hydrogens is 444 g/mol. The number of amides is 1. The Labute approximate surface area is 189 Å². The molecular formula is C22H22Cl2FN3O3. The molecule has 0 saturated heterocycles. The van der Waals surface area contributed by atoms with Gasteiger partial charge in [0.25, 0.3) is 5.91 Å². The predicted molar refractivity (Wildman–Crippen MR) is 117 cm³/mol. The zero-order valence-electron chi connectivity index (χ0n) is 16.9. The first kappa shape index (κ1) is 23.2. The molecule has 164 valence electrons. The van der Waals surface area contributed by atoms with Gasteiger partial charge in [0.05, 0.1) is 23.2 Å². The number of rotatable bonds is 10. The number of methoxy groups -OCH3 is 1. The molecule has 0 spiro atoms. The van der Waals surface area contributed by atoms with Gasteiger partial charge < -0.3 is 14.5 Å². The Morgan fingerprint density at radius 2 is 1.81 bits per heavy atom. The van der Waals surface area contributed by atoms with Crippen LogP contribution in [0, 0.1) is 5.82 Å². The molecule has 1 amide bonds. The lowest BCUT2D eigenvalue weighted by atomic mass is 10.1. The van der Waals surface area contributed by atoms with E-state index >= 15 is 0 Å². The second-order valence-electron chi connectivity index (χ2n) is 6.90. The highest BCUT2D eigenvalue weighted by Gasteiger charge is 2.16. The fraction of sp³-hybridized carbons (Fsp3) is 0.273. The highest BCUT2D eigenvalue weighted by molar-refractivity contribution is 6.42. The van der Waals surface area contributed by atoms with E-state index in [0.717, 1.165) is 11.1 Å². The summed E-state index contributed by atoms with van der Waals surface area (Å²) in [7, 11) is 1.56. The average molecular weight is 466 g/mol. The molecule has 9 heteroatoms. The van der Waals surface area contributed by atoms with E-state index in [2.05, 4.69) is 10.3 Å². The second kappa shape index (κ2) is 11.2. The van der Waals surface area contributed by atoms with Crippen molar-refractivity contribution in [2.24, 2.45) is 0 Å². The minimum atomic E-state index is -0.332. The summed E-state index contributed by atoms with van der Waals surface area (Å²) in [5, 5.41) is 3.64. The summed E-state index contributed by atoms with van der Waals surface area (Å²) in [6.45, 7) is 2.16. The van der Waals surface area contributed by atoms with Crippen molar-refractivity contribution in [2.45, 2.75) is 19.6 Å². The molecule has 0 aliphatic carbocycles. The molecule has 3 aromatic rings. The number of hydrogen-bond donors (Lipinski definition) is 1. The lowest BCUT2D eigenvalue weighted by Gasteiger charge is -2.21. The topological polar surface area (TPSA) is 67.6 Å². The number of ether oxygens (including phenoxy) is 1. The van der Waals surface area contributed by atoms with Crippen LogP contribution in [0.15, 0.2) is 53.1 Å². The van der Waals surface area contributed by atoms with E-state index in [9.17, 15) is 9.18 Å². The molecule has 0 radical (unpaired) electrons. The first-order chi connectivity index (χ1) is 14.9. The first-order valence-corrected chi connectivity index (χ1v) is 10.3. The number of hydrogen-bond acceptors (Lipinski definition) is 5. The van der Waals surface area contributed by atoms with E-state index < -0.39 is 0 Å². The van der Waals surface area contributed by atoms with E-state index in [0.29, 0.717) is 48.7 Å². The van der Waals surface area contributed by atoms with Crippen molar-refractivity contribution in [1.82, 2.24) is 15.2 Å². The average Bonchev–Trinajstić information content (AvgIpc) is 3.21. The van der Waals surface area contributed by atoms with Crippen molar-refractivity contribution in [3.8, 4) is 0 Å². The molecule has 0 bridgehead atoms. The van der Waals surface area contributed by atoms with Gasteiger partial charge in [-0.2, -0.15) is 0 Å². The van der Waals surface area contributed by atoms with Crippen LogP contribution in [0.2, 0.25) is 10.0 Å². The van der Waals surface area contributed by atoms with Crippen molar-refractivity contribution in [2.75, 3.05) is 20.3 Å². The van der Waals surface area contributed by atoms with Crippen LogP contribution in [0.4, 0.5) is 4.39 Å². The highest BCUT2D eigenvalue weighted by atomic mass is 35.5. The lowest BCUT2D eigenvalue weighted by molar-refractivity contribution is 0.0932. The van der Waals surface area contributed by atoms with Gasteiger partial charge in [-0.3, -0.25) is 9.69 Å². The summed E-state index contributed by atoms with van der Waals surface area (Å²) in [4.78, 5) is 18.5. The smallest absolute Gasteiger partial charge is 0.273 e. The van der Waals surface area contributed by atoms with Gasteiger partial charge in [-0.05, 0) is 35.4 Å². The van der Waals surface area contributed by atoms with Crippen LogP contribution in [0.3, 0.4) is 0 Å². The Balaban J connectivity index is 1.73. The van der Waals surface area contributed by atoms with Gasteiger partial charge in [-0.15, -0.1) is 0 Å². The van der Waals surface area contributed by atoms with Crippen molar-refractivity contribution in [3.63, 3.8) is 0 Å². The number of oxazole rings is 1. The van der Waals surface area contributed by atoms with Gasteiger partial charge in [-0.25, -0.2) is 9.37 Å². The highest BCUT2D eigenvalue weighted by Crippen LogP contribution is 2.24. The van der Waals surface area contributed by atoms with E-state index in [-0.39, 0.29) is 17.4 Å². The molecule has 0 fully saturated rings. The maximum atomic E-state index is 13.3. The van der Waals surface area contributed by atoms with Crippen LogP contribution in [0.5, 0.6) is 0 Å². The van der Waals surface area contributed by atoms with Gasteiger partial charge >= 0.3 is 0 Å². The molecule has 1 N–H and O–H groups in total. The predicted octanol–water partition coefficient (Wildman–Crippen LogP) is 4.70. The van der Waals surface area contributed by atoms with Crippen LogP contribution >= 0.6 is 23.2 Å². The monoisotopic (exact) mass is 465 g/mol. The van der Waals surface area contributed by atoms with Crippen molar-refractivity contribution >= 4 is 29.1 Å². The largest absolute Gasteiger partial charge is 0.447 e. The molecule has 0 unspecified atom stereocenters. The van der Waals surface area contributed by atoms with Crippen molar-refractivity contribution < 1.29 is 18.3 Å². The Morgan fingerprint density at radius 1 is 1.10 bits per heavy atom. The minimum absolute atomic E-state index is 0.197. The van der Waals surface area contributed by atoms with Gasteiger partial charge in [-0.1, -0.05) is 41.4 Å². The summed E-state index contributed by atoms with van der Waals surface area (Å²) < 4.78 is 23.7. The van der Waals surface area contributed by atoms with Gasteiger partial charge in [0.1, 0.15) is 12.1 Å². The summed E-state index contributed by atoms with van der Waals surface area (Å²) in [5.74, 6) is -0.239. The van der Waals surface area contributed by atoms with E-state index in [1.165, 1.54) is 18.4 Å². The van der Waals surface area contributed by atoms with Gasteiger partial charge in [0, 0.05) is 26.7 Å². The minimum Gasteiger partial charge on any atom is -0.447 e. The van der Waals surface area contributed by atoms with Gasteiger partial charge in [0.2, 0.25) is 5.89 Å². The lowest BCUT2D eigenvalue weighted by Crippen LogP contribution is -2.27. The maximum Gasteiger partial charge on any atom is 0.273 e. The molecule has 1 aromatic heterocycles. The molecule has 2 aromatic carbocycles. The third-order valence-electron chi connectivity index (χ3n) is 4.44. The summed E-state index contributed by atoms with van der Waals surface area (Å²) >= 11 is 12.2. The van der Waals surface area contributed by atoms with Crippen molar-refractivity contribution in [3.05, 3.63) is 87.3 Å². The standard InChI is InChI=1S/C22H22Cl2FN3O3/c1-30-9-8-26-22(29)20-14-31-21(27-20)13-28(11-15-2-5-17(25)6-3-15)12-16-4-7-18(23)19(24)10-16/h2-7,10,14H,8-9,11-13H2,1H3,(H,26,29). The number of carbonyl (C=O) groups is 1. The number of nitrogens with one attached hydrogen (secondary N) is 1. The SMILES string of the molecule is COCCNC(=O)c1coc(CN(Cc2ccc(F)cc2)Cc2ccc(Cl)c(Cl)c2)n1. The summed E-state index contributed by atoms with van der Waals surface area (Å²) in [6, 6.07) is 11.7. The molecule has 0 aliphatic rings. The number of benzene rings is 2. The fourth-order valence-electron chi connectivity index (χ4n) is 2.95. The zero-order chi connectivity index (χ0) is 22.2. The van der Waals surface area contributed by atoms with E-state index in [1.807, 2.05) is 11.0 Å². The normalized spacial score (nSPS) is 11.1. The Morgan fingerprint density at radius 3 is 2.52 bits per heavy atom. The zero-order valence-corrected chi connectivity index (χ0v) is 18.4. The molecule has 0 saturated carbocycles. The van der Waals surface area contributed by atoms with E-state index in [1.54, 1.807) is 31.4 Å². The van der Waals surface area contributed by atoms with Crippen molar-refractivity contribution in [1.29, 1.82) is 0 Å². The second-order valence-corrected chi connectivity index (χ2v) is 7.71. The fourth-order valence-corrected chi connectivity index (χ4v) is 3.27. The Bertz CT molecular complexity index is 1010. The molecule has 0 aliphatic heterocycles. The Hall–Kier alpha value is -2.45. The van der Waals surface area contributed by atoms with Crippen LogP contribution in [-0.4, -0.2) is 36.1 Å². The van der Waals surface area contributed by atoms with E-state index in [4.69, 9.17) is 32.4 Å². The third kappa shape index (κ3) is 7.04. The molecule has 6 nitrogen and oxygen atoms in total. The third-order valence-corrected chi connectivity index (χ3v) is 5.18. The molecule has 1 heterocycles. The van der Waals surface area contributed by atoms with Crippen LogP contribution in [0.25, 0.3) is 0 Å². The number of nitrogens with zero attached hydrogens (tertiary/aromatic N) is 2. The quantitative estimate of drug-likeness (QED) is 0.439. The molecule has 0 atom stereocenters. The number of aromatic nitrogens is 1. The molecule has 3 rings (SSSR count). The maximum absolute atomic E-state index is 13.3. The van der Waals surface area contributed by atoms with Crippen LogP contribution in [0.1, 0.15) is 27.5 Å². The van der Waals surface area contributed by atoms with Crippen LogP contribution < -0.4 is 5.32 Å². The summed E-state index contributed by atoms with van der Waals surface area (Å²) in [5.41, 5.74) is 2.06.